The summed E-state index contributed by atoms with van der Waals surface area (Å²) in [6.07, 6.45) is 0. The predicted octanol–water partition coefficient (Wildman–Crippen LogP) is -3.38. The molecule has 1 aromatic carbocycles. The molecule has 140 valence electrons. The van der Waals surface area contributed by atoms with Gasteiger partial charge in [0, 0.05) is 4.75 Å². The Balaban J connectivity index is 0.00000261. The van der Waals surface area contributed by atoms with E-state index in [9.17, 15) is 19.5 Å². The van der Waals surface area contributed by atoms with Gasteiger partial charge < -0.3 is 29.6 Å². The van der Waals surface area contributed by atoms with Crippen molar-refractivity contribution in [2.45, 2.75) is 36.1 Å². The number of rotatable bonds is 5. The molecule has 1 aromatic rings. The Hall–Kier alpha value is -1.42. The van der Waals surface area contributed by atoms with Crippen LogP contribution in [-0.2, 0) is 9.59 Å². The van der Waals surface area contributed by atoms with Crippen LogP contribution in [-0.4, -0.2) is 59.1 Å². The molecule has 3 atom stereocenters. The van der Waals surface area contributed by atoms with Gasteiger partial charge >= 0.3 is 29.6 Å². The number of ether oxygens (including phenoxy) is 2. The smallest absolute Gasteiger partial charge is 0.548 e. The summed E-state index contributed by atoms with van der Waals surface area (Å²) in [6, 6.07) is 3.08. The van der Waals surface area contributed by atoms with Crippen LogP contribution in [0.25, 0.3) is 0 Å². The van der Waals surface area contributed by atoms with Gasteiger partial charge in [0.1, 0.15) is 28.5 Å². The molecule has 0 unspecified atom stereocenters. The first-order chi connectivity index (χ1) is 12.2. The molecule has 2 heterocycles. The largest absolute Gasteiger partial charge is 1.00 e. The van der Waals surface area contributed by atoms with Gasteiger partial charge in [-0.2, -0.15) is 0 Å². The van der Waals surface area contributed by atoms with Crippen LogP contribution in [0, 0.1) is 0 Å². The average Bonchev–Trinajstić information content (AvgIpc) is 2.86. The van der Waals surface area contributed by atoms with E-state index in [1.54, 1.807) is 32.0 Å². The number of carboxylic acid groups (broad SMARTS) is 1. The molecule has 0 aromatic heterocycles. The number of carboxylic acids is 1. The van der Waals surface area contributed by atoms with Gasteiger partial charge in [0.05, 0.1) is 26.2 Å². The Morgan fingerprint density at radius 3 is 2.26 bits per heavy atom. The maximum Gasteiger partial charge on any atom is 1.00 e. The van der Waals surface area contributed by atoms with Crippen molar-refractivity contribution in [1.29, 1.82) is 0 Å². The van der Waals surface area contributed by atoms with Gasteiger partial charge in [0.15, 0.2) is 0 Å². The first kappa shape index (κ1) is 21.9. The van der Waals surface area contributed by atoms with Crippen molar-refractivity contribution >= 4 is 29.5 Å². The zero-order chi connectivity index (χ0) is 19.2. The van der Waals surface area contributed by atoms with E-state index in [4.69, 9.17) is 9.47 Å². The van der Waals surface area contributed by atoms with Crippen LogP contribution >= 0.6 is 11.8 Å². The standard InChI is InChI=1S/C17H20N2O6S.Na/c1-17(2)12(16(22)23)19-14(21)11(15(19)26-17)18-13(20)10-8(24-3)6-5-7-9(10)25-4;/h5-7,11-12,15H,1-4H3,(H,18,20)(H,22,23);/q;+1/p-1/t11-,12+,15-;/m1./s1. The second-order valence-electron chi connectivity index (χ2n) is 6.57. The molecule has 2 amide bonds. The predicted molar refractivity (Wildman–Crippen MR) is 91.9 cm³/mol. The molecule has 27 heavy (non-hydrogen) atoms. The number of benzene rings is 1. The van der Waals surface area contributed by atoms with Crippen LogP contribution in [0.3, 0.4) is 0 Å². The average molecular weight is 402 g/mol. The molecule has 0 spiro atoms. The molecule has 0 aliphatic carbocycles. The van der Waals surface area contributed by atoms with Crippen LogP contribution < -0.4 is 49.5 Å². The first-order valence-corrected chi connectivity index (χ1v) is 8.83. The van der Waals surface area contributed by atoms with Crippen LogP contribution in [0.2, 0.25) is 0 Å². The van der Waals surface area contributed by atoms with Crippen LogP contribution in [0.15, 0.2) is 18.2 Å². The van der Waals surface area contributed by atoms with Gasteiger partial charge in [0.2, 0.25) is 5.91 Å². The number of hydrogen-bond acceptors (Lipinski definition) is 7. The van der Waals surface area contributed by atoms with Gasteiger partial charge in [-0.3, -0.25) is 9.59 Å². The van der Waals surface area contributed by atoms with E-state index in [0.717, 1.165) is 0 Å². The van der Waals surface area contributed by atoms with Crippen molar-refractivity contribution < 1.29 is 58.5 Å². The van der Waals surface area contributed by atoms with Crippen molar-refractivity contribution in [1.82, 2.24) is 10.2 Å². The topological polar surface area (TPSA) is 108 Å². The minimum atomic E-state index is -1.30. The van der Waals surface area contributed by atoms with Crippen LogP contribution in [0.5, 0.6) is 11.5 Å². The number of methoxy groups -OCH3 is 2. The summed E-state index contributed by atoms with van der Waals surface area (Å²) in [7, 11) is 2.86. The SMILES string of the molecule is COc1cccc(OC)c1C(=O)N[C@@H]1C(=O)N2[C@@H]1SC(C)(C)[C@@H]2C(=O)[O-].[Na+]. The normalized spacial score (nSPS) is 25.0. The molecule has 2 saturated heterocycles. The molecule has 10 heteroatoms. The van der Waals surface area contributed by atoms with Crippen molar-refractivity contribution in [2.75, 3.05) is 14.2 Å². The van der Waals surface area contributed by atoms with Crippen molar-refractivity contribution in [3.05, 3.63) is 23.8 Å². The number of carbonyl (C=O) groups is 3. The van der Waals surface area contributed by atoms with Gasteiger partial charge in [-0.15, -0.1) is 11.8 Å². The fraction of sp³-hybridized carbons (Fsp3) is 0.471. The Bertz CT molecular complexity index is 764. The summed E-state index contributed by atoms with van der Waals surface area (Å²) in [6.45, 7) is 3.48. The summed E-state index contributed by atoms with van der Waals surface area (Å²) in [4.78, 5) is 37.9. The molecular weight excluding hydrogens is 383 g/mol. The Morgan fingerprint density at radius 1 is 1.22 bits per heavy atom. The second-order valence-corrected chi connectivity index (χ2v) is 8.34. The molecule has 8 nitrogen and oxygen atoms in total. The molecule has 2 aliphatic rings. The van der Waals surface area contributed by atoms with E-state index in [1.807, 2.05) is 0 Å². The monoisotopic (exact) mass is 402 g/mol. The first-order valence-electron chi connectivity index (χ1n) is 7.95. The molecular formula is C17H19N2NaO6S. The van der Waals surface area contributed by atoms with E-state index < -0.39 is 40.0 Å². The maximum absolute atomic E-state index is 12.7. The van der Waals surface area contributed by atoms with E-state index in [2.05, 4.69) is 5.32 Å². The van der Waals surface area contributed by atoms with Crippen LogP contribution in [0.1, 0.15) is 24.2 Å². The van der Waals surface area contributed by atoms with Crippen LogP contribution in [0.4, 0.5) is 0 Å². The fourth-order valence-electron chi connectivity index (χ4n) is 3.41. The number of thioether (sulfide) groups is 1. The summed E-state index contributed by atoms with van der Waals surface area (Å²) in [5.41, 5.74) is 0.183. The van der Waals surface area contributed by atoms with E-state index >= 15 is 0 Å². The Morgan fingerprint density at radius 2 is 1.78 bits per heavy atom. The number of fused-ring (bicyclic) bond motifs is 1. The van der Waals surface area contributed by atoms with Gasteiger partial charge in [-0.05, 0) is 26.0 Å². The quantitative estimate of drug-likeness (QED) is 0.404. The molecule has 2 aliphatic heterocycles. The van der Waals surface area contributed by atoms with Crippen molar-refractivity contribution in [3.63, 3.8) is 0 Å². The number of nitrogens with one attached hydrogen (secondary N) is 1. The van der Waals surface area contributed by atoms with Gasteiger partial charge in [-0.1, -0.05) is 6.07 Å². The third kappa shape index (κ3) is 3.53. The van der Waals surface area contributed by atoms with Gasteiger partial charge in [-0.25, -0.2) is 0 Å². The molecule has 0 saturated carbocycles. The third-order valence-corrected chi connectivity index (χ3v) is 6.18. The number of hydrogen-bond donors (Lipinski definition) is 1. The zero-order valence-electron chi connectivity index (χ0n) is 15.8. The van der Waals surface area contributed by atoms with Gasteiger partial charge in [0.25, 0.3) is 5.91 Å². The molecule has 3 rings (SSSR count). The molecule has 2 fully saturated rings. The Labute approximate surface area is 183 Å². The second kappa shape index (κ2) is 7.90. The third-order valence-electron chi connectivity index (χ3n) is 4.61. The van der Waals surface area contributed by atoms with E-state index in [1.165, 1.54) is 30.9 Å². The summed E-state index contributed by atoms with van der Waals surface area (Å²) in [5.74, 6) is -1.62. The molecule has 1 N–H and O–H groups in total. The molecule has 0 radical (unpaired) electrons. The Kier molecular flexibility index (Phi) is 6.40. The van der Waals surface area contributed by atoms with E-state index in [-0.39, 0.29) is 35.1 Å². The summed E-state index contributed by atoms with van der Waals surface area (Å²) in [5, 5.41) is 13.7. The van der Waals surface area contributed by atoms with E-state index in [0.29, 0.717) is 11.5 Å². The number of amides is 2. The maximum atomic E-state index is 12.7. The molecule has 0 bridgehead atoms. The minimum absolute atomic E-state index is 0. The summed E-state index contributed by atoms with van der Waals surface area (Å²) < 4.78 is 9.71. The number of carbonyl (C=O) groups excluding carboxylic acids is 3. The number of aliphatic carboxylic acids is 1. The van der Waals surface area contributed by atoms with Crippen molar-refractivity contribution in [3.8, 4) is 11.5 Å². The van der Waals surface area contributed by atoms with Crippen molar-refractivity contribution in [2.24, 2.45) is 0 Å². The fourth-order valence-corrected chi connectivity index (χ4v) is 5.04. The zero-order valence-corrected chi connectivity index (χ0v) is 18.6. The minimum Gasteiger partial charge on any atom is -0.548 e. The summed E-state index contributed by atoms with van der Waals surface area (Å²) >= 11 is 1.33. The number of nitrogens with zero attached hydrogens (tertiary/aromatic N) is 1. The number of β-lactam (4-membered cyclic amide) rings is 1.